The number of aliphatic hydroxyl groups excluding tert-OH is 4. The summed E-state index contributed by atoms with van der Waals surface area (Å²) in [6, 6.07) is 0. The van der Waals surface area contributed by atoms with E-state index in [1.165, 1.54) is 82.1 Å². The van der Waals surface area contributed by atoms with Gasteiger partial charge >= 0.3 is 0 Å². The average Bonchev–Trinajstić information content (AvgIpc) is 3.21. The predicted octanol–water partition coefficient (Wildman–Crippen LogP) is 3.21. The summed E-state index contributed by atoms with van der Waals surface area (Å²) in [6.07, 6.45) is 19.2. The number of carbonyl (C=O) groups is 2. The largest absolute Gasteiger partial charge is 0.399 e. The number of unbranched alkanes of at least 4 members (excludes halogenated alkanes) is 16. The van der Waals surface area contributed by atoms with Crippen LogP contribution in [0.2, 0.25) is 0 Å². The summed E-state index contributed by atoms with van der Waals surface area (Å²) in [7, 11) is 0. The molecule has 0 aromatic carbocycles. The highest BCUT2D eigenvalue weighted by atomic mass is 32.2. The first-order valence-electron chi connectivity index (χ1n) is 21.8. The minimum atomic E-state index is -1.43. The van der Waals surface area contributed by atoms with Crippen LogP contribution in [0, 0.1) is 11.8 Å². The lowest BCUT2D eigenvalue weighted by molar-refractivity contribution is -0.205. The van der Waals surface area contributed by atoms with E-state index in [2.05, 4.69) is 29.4 Å². The summed E-state index contributed by atoms with van der Waals surface area (Å²) in [4.78, 5) is 24.2. The minimum Gasteiger partial charge on any atom is -0.399 e. The molecule has 0 aromatic rings. The molecule has 0 radical (unpaired) electrons. The SMILES string of the molecule is CCCCCCCCCCCCC#CCCCCCCCCC(=O)NC/C(N)=C/N(N)CCOCCOCCOCC(=O)NCCSC1OC(CO)C(O)C(O)C1O. The molecule has 0 bridgehead atoms. The van der Waals surface area contributed by atoms with E-state index in [0.717, 1.165) is 50.3 Å². The van der Waals surface area contributed by atoms with Crippen molar-refractivity contribution in [3.05, 3.63) is 11.9 Å². The molecule has 5 atom stereocenters. The predicted molar refractivity (Wildman–Crippen MR) is 229 cm³/mol. The number of aliphatic hydroxyl groups is 4. The van der Waals surface area contributed by atoms with Gasteiger partial charge in [0.15, 0.2) is 0 Å². The molecular formula is C42H79N5O10S. The molecule has 1 fully saturated rings. The van der Waals surface area contributed by atoms with E-state index in [-0.39, 0.29) is 44.7 Å². The fourth-order valence-corrected chi connectivity index (χ4v) is 7.12. The molecule has 0 spiro atoms. The van der Waals surface area contributed by atoms with Gasteiger partial charge in [-0.2, -0.15) is 0 Å². The second-order valence-corrected chi connectivity index (χ2v) is 16.0. The highest BCUT2D eigenvalue weighted by Crippen LogP contribution is 2.28. The second-order valence-electron chi connectivity index (χ2n) is 14.8. The molecule has 58 heavy (non-hydrogen) atoms. The van der Waals surface area contributed by atoms with Crippen molar-refractivity contribution in [1.29, 1.82) is 0 Å². The summed E-state index contributed by atoms with van der Waals surface area (Å²) >= 11 is 1.15. The van der Waals surface area contributed by atoms with Gasteiger partial charge in [-0.3, -0.25) is 9.59 Å². The Labute approximate surface area is 353 Å². The molecule has 1 aliphatic rings. The first kappa shape index (κ1) is 53.8. The molecule has 1 saturated heterocycles. The van der Waals surface area contributed by atoms with Crippen LogP contribution < -0.4 is 22.2 Å². The lowest BCUT2D eigenvalue weighted by Crippen LogP contribution is -2.57. The molecule has 2 amide bonds. The van der Waals surface area contributed by atoms with Crippen LogP contribution in [0.15, 0.2) is 11.9 Å². The van der Waals surface area contributed by atoms with Crippen LogP contribution in [0.5, 0.6) is 0 Å². The summed E-state index contributed by atoms with van der Waals surface area (Å²) in [5.41, 5.74) is 5.63. The van der Waals surface area contributed by atoms with Gasteiger partial charge in [0.1, 0.15) is 36.5 Å². The van der Waals surface area contributed by atoms with Crippen molar-refractivity contribution in [3.8, 4) is 11.8 Å². The van der Waals surface area contributed by atoms with Crippen LogP contribution in [-0.2, 0) is 28.5 Å². The van der Waals surface area contributed by atoms with E-state index in [1.54, 1.807) is 6.20 Å². The number of amides is 2. The van der Waals surface area contributed by atoms with Crippen LogP contribution >= 0.6 is 11.8 Å². The van der Waals surface area contributed by atoms with Crippen molar-refractivity contribution in [2.45, 2.75) is 159 Å². The minimum absolute atomic E-state index is 0.0168. The maximum Gasteiger partial charge on any atom is 0.246 e. The van der Waals surface area contributed by atoms with Crippen LogP contribution in [0.3, 0.4) is 0 Å². The van der Waals surface area contributed by atoms with Crippen LogP contribution in [-0.4, -0.2) is 139 Å². The Morgan fingerprint density at radius 2 is 1.29 bits per heavy atom. The van der Waals surface area contributed by atoms with Crippen LogP contribution in [0.25, 0.3) is 0 Å². The standard InChI is InChI=1S/C42H79N5O10S/c1-2-3-4-5-6-7-8-9-10-11-12-13-14-15-16-17-18-19-20-21-22-37(49)46-31-35(43)32-47(44)24-25-54-26-27-55-28-29-56-34-38(50)45-23-30-58-42-41(53)40(52)39(51)36(33-48)57-42/h32,36,39-42,48,51-53H,2-12,15-31,33-34,43-44H2,1H3,(H,45,50)(H,46,49)/b35-32-. The number of nitrogens with zero attached hydrogens (tertiary/aromatic N) is 1. The molecular weight excluding hydrogens is 767 g/mol. The topological polar surface area (TPSA) is 231 Å². The number of hydrazine groups is 1. The zero-order chi connectivity index (χ0) is 42.5. The number of carbonyl (C=O) groups excluding carboxylic acids is 2. The fraction of sp³-hybridized carbons (Fsp3) is 0.857. The highest BCUT2D eigenvalue weighted by Gasteiger charge is 2.43. The monoisotopic (exact) mass is 846 g/mol. The summed E-state index contributed by atoms with van der Waals surface area (Å²) in [5, 5.41) is 45.9. The summed E-state index contributed by atoms with van der Waals surface area (Å²) in [5.74, 6) is 12.7. The van der Waals surface area contributed by atoms with Gasteiger partial charge in [-0.1, -0.05) is 90.4 Å². The maximum absolute atomic E-state index is 12.2. The zero-order valence-corrected chi connectivity index (χ0v) is 36.2. The molecule has 1 aliphatic heterocycles. The lowest BCUT2D eigenvalue weighted by Gasteiger charge is -2.39. The number of rotatable bonds is 37. The third-order valence-electron chi connectivity index (χ3n) is 9.58. The van der Waals surface area contributed by atoms with Gasteiger partial charge < -0.3 is 60.7 Å². The molecule has 15 nitrogen and oxygen atoms in total. The third-order valence-corrected chi connectivity index (χ3v) is 10.7. The molecule has 10 N–H and O–H groups in total. The quantitative estimate of drug-likeness (QED) is 0.0194. The molecule has 0 aliphatic carbocycles. The number of nitrogens with one attached hydrogen (secondary N) is 2. The second kappa shape index (κ2) is 37.8. The number of ether oxygens (including phenoxy) is 4. The Morgan fingerprint density at radius 1 is 0.741 bits per heavy atom. The summed E-state index contributed by atoms with van der Waals surface area (Å²) < 4.78 is 21.7. The van der Waals surface area contributed by atoms with Gasteiger partial charge in [-0.05, 0) is 19.3 Å². The van der Waals surface area contributed by atoms with Crippen molar-refractivity contribution in [3.63, 3.8) is 0 Å². The van der Waals surface area contributed by atoms with E-state index in [4.69, 9.17) is 30.5 Å². The van der Waals surface area contributed by atoms with E-state index in [9.17, 15) is 30.0 Å². The molecule has 0 saturated carbocycles. The van der Waals surface area contributed by atoms with Crippen molar-refractivity contribution in [2.24, 2.45) is 11.6 Å². The number of hydrogen-bond acceptors (Lipinski definition) is 14. The van der Waals surface area contributed by atoms with Gasteiger partial charge in [0, 0.05) is 43.5 Å². The highest BCUT2D eigenvalue weighted by molar-refractivity contribution is 7.99. The zero-order valence-electron chi connectivity index (χ0n) is 35.4. The number of nitrogens with two attached hydrogens (primary N) is 2. The summed E-state index contributed by atoms with van der Waals surface area (Å²) in [6.45, 7) is 4.09. The van der Waals surface area contributed by atoms with Gasteiger partial charge in [0.25, 0.3) is 0 Å². The Bertz CT molecular complexity index is 1110. The van der Waals surface area contributed by atoms with Crippen molar-refractivity contribution >= 4 is 23.6 Å². The van der Waals surface area contributed by atoms with Gasteiger partial charge in [0.2, 0.25) is 11.8 Å². The molecule has 1 heterocycles. The Hall–Kier alpha value is -2.17. The Kier molecular flexibility index (Phi) is 35.1. The lowest BCUT2D eigenvalue weighted by atomic mass is 10.0. The van der Waals surface area contributed by atoms with E-state index in [0.29, 0.717) is 44.2 Å². The first-order chi connectivity index (χ1) is 28.2. The third kappa shape index (κ3) is 29.9. The average molecular weight is 846 g/mol. The van der Waals surface area contributed by atoms with Crippen molar-refractivity contribution in [1.82, 2.24) is 15.6 Å². The van der Waals surface area contributed by atoms with Crippen LogP contribution in [0.4, 0.5) is 0 Å². The van der Waals surface area contributed by atoms with Gasteiger partial charge in [0.05, 0.1) is 52.7 Å². The van der Waals surface area contributed by atoms with Gasteiger partial charge in [-0.25, -0.2) is 5.84 Å². The molecule has 1 rings (SSSR count). The molecule has 5 unspecified atom stereocenters. The van der Waals surface area contributed by atoms with Gasteiger partial charge in [-0.15, -0.1) is 23.6 Å². The molecule has 338 valence electrons. The normalized spacial score (nSPS) is 19.4. The molecule has 16 heteroatoms. The Morgan fingerprint density at radius 3 is 1.90 bits per heavy atom. The fourth-order valence-electron chi connectivity index (χ4n) is 6.09. The van der Waals surface area contributed by atoms with Crippen molar-refractivity contribution in [2.75, 3.05) is 71.6 Å². The maximum atomic E-state index is 12.2. The van der Waals surface area contributed by atoms with Crippen molar-refractivity contribution < 1.29 is 49.0 Å². The van der Waals surface area contributed by atoms with E-state index in [1.807, 2.05) is 0 Å². The number of thioether (sulfide) groups is 1. The molecule has 0 aromatic heterocycles. The van der Waals surface area contributed by atoms with E-state index < -0.39 is 36.5 Å². The van der Waals surface area contributed by atoms with Crippen LogP contribution in [0.1, 0.15) is 129 Å². The first-order valence-corrected chi connectivity index (χ1v) is 22.9. The smallest absolute Gasteiger partial charge is 0.246 e. The number of hydrogen-bond donors (Lipinski definition) is 8. The Balaban J connectivity index is 1.89. The van der Waals surface area contributed by atoms with E-state index >= 15 is 0 Å².